The molecular weight excluding hydrogens is 286 g/mol. The third-order valence-electron chi connectivity index (χ3n) is 3.09. The van der Waals surface area contributed by atoms with Crippen LogP contribution in [0.3, 0.4) is 0 Å². The molecule has 0 radical (unpaired) electrons. The van der Waals surface area contributed by atoms with E-state index in [1.54, 1.807) is 25.1 Å². The number of aromatic nitrogens is 4. The molecule has 2 heterocycles. The molecule has 3 rings (SSSR count). The Balaban J connectivity index is 1.93. The van der Waals surface area contributed by atoms with Crippen molar-refractivity contribution in [1.82, 2.24) is 19.3 Å². The molecule has 7 heteroatoms. The molecule has 1 amide bonds. The number of hydrogen-bond donors (Lipinski definition) is 1. The molecule has 0 bridgehead atoms. The Bertz CT molecular complexity index is 842. The fourth-order valence-corrected chi connectivity index (χ4v) is 2.46. The van der Waals surface area contributed by atoms with E-state index in [9.17, 15) is 4.79 Å². The molecule has 0 fully saturated rings. The number of fused-ring (bicyclic) bond motifs is 1. The van der Waals surface area contributed by atoms with Gasteiger partial charge in [-0.15, -0.1) is 0 Å². The van der Waals surface area contributed by atoms with Gasteiger partial charge in [-0.3, -0.25) is 10.1 Å². The van der Waals surface area contributed by atoms with E-state index in [2.05, 4.69) is 24.6 Å². The monoisotopic (exact) mass is 299 g/mol. The Hall–Kier alpha value is -2.41. The van der Waals surface area contributed by atoms with Gasteiger partial charge in [0.15, 0.2) is 0 Å². The van der Waals surface area contributed by atoms with Gasteiger partial charge in [-0.2, -0.15) is 4.37 Å². The first-order valence-electron chi connectivity index (χ1n) is 6.39. The highest BCUT2D eigenvalue weighted by Crippen LogP contribution is 2.16. The van der Waals surface area contributed by atoms with Gasteiger partial charge in [0.05, 0.1) is 22.4 Å². The zero-order valence-corrected chi connectivity index (χ0v) is 12.7. The molecule has 21 heavy (non-hydrogen) atoms. The van der Waals surface area contributed by atoms with Gasteiger partial charge in [0.25, 0.3) is 5.91 Å². The van der Waals surface area contributed by atoms with Crippen molar-refractivity contribution in [2.75, 3.05) is 5.32 Å². The first-order chi connectivity index (χ1) is 10.0. The zero-order chi connectivity index (χ0) is 15.0. The van der Waals surface area contributed by atoms with Crippen LogP contribution < -0.4 is 5.32 Å². The second kappa shape index (κ2) is 5.17. The maximum Gasteiger partial charge on any atom is 0.257 e. The molecule has 1 aromatic carbocycles. The van der Waals surface area contributed by atoms with Crippen molar-refractivity contribution < 1.29 is 4.79 Å². The molecule has 0 saturated carbocycles. The fourth-order valence-electron chi connectivity index (χ4n) is 1.89. The summed E-state index contributed by atoms with van der Waals surface area (Å²) in [7, 11) is 0. The molecule has 3 aromatic rings. The maximum absolute atomic E-state index is 12.2. The minimum absolute atomic E-state index is 0.229. The van der Waals surface area contributed by atoms with Crippen LogP contribution in [0.15, 0.2) is 18.2 Å². The number of benzene rings is 1. The van der Waals surface area contributed by atoms with Gasteiger partial charge in [0, 0.05) is 17.1 Å². The highest BCUT2D eigenvalue weighted by molar-refractivity contribution is 7.09. The molecule has 2 aromatic heterocycles. The third kappa shape index (κ3) is 2.73. The SMILES string of the molecule is Cc1nsc(NC(=O)c2ccc3nc(C)c(C)nc3c2)n1. The fraction of sp³-hybridized carbons (Fsp3) is 0.214. The Morgan fingerprint density at radius 1 is 1.05 bits per heavy atom. The quantitative estimate of drug-likeness (QED) is 0.786. The highest BCUT2D eigenvalue weighted by atomic mass is 32.1. The summed E-state index contributed by atoms with van der Waals surface area (Å²) in [5.74, 6) is 0.416. The lowest BCUT2D eigenvalue weighted by Gasteiger charge is -2.05. The first kappa shape index (κ1) is 13.6. The summed E-state index contributed by atoms with van der Waals surface area (Å²) in [6.45, 7) is 5.60. The van der Waals surface area contributed by atoms with Crippen molar-refractivity contribution in [2.45, 2.75) is 20.8 Å². The van der Waals surface area contributed by atoms with E-state index in [1.807, 2.05) is 13.8 Å². The molecular formula is C14H13N5OS. The second-order valence-electron chi connectivity index (χ2n) is 4.70. The minimum atomic E-state index is -0.229. The number of amides is 1. The van der Waals surface area contributed by atoms with Crippen LogP contribution in [-0.2, 0) is 0 Å². The topological polar surface area (TPSA) is 80.7 Å². The number of rotatable bonds is 2. The average molecular weight is 299 g/mol. The van der Waals surface area contributed by atoms with E-state index in [4.69, 9.17) is 0 Å². The molecule has 6 nitrogen and oxygen atoms in total. The number of hydrogen-bond acceptors (Lipinski definition) is 6. The maximum atomic E-state index is 12.2. The summed E-state index contributed by atoms with van der Waals surface area (Å²) >= 11 is 1.16. The van der Waals surface area contributed by atoms with Crippen molar-refractivity contribution in [3.05, 3.63) is 41.0 Å². The number of carbonyl (C=O) groups is 1. The lowest BCUT2D eigenvalue weighted by Crippen LogP contribution is -2.11. The van der Waals surface area contributed by atoms with E-state index in [1.165, 1.54) is 0 Å². The van der Waals surface area contributed by atoms with Crippen molar-refractivity contribution in [3.63, 3.8) is 0 Å². The van der Waals surface area contributed by atoms with Crippen molar-refractivity contribution in [3.8, 4) is 0 Å². The molecule has 0 saturated heterocycles. The van der Waals surface area contributed by atoms with Gasteiger partial charge in [0.2, 0.25) is 5.13 Å². The number of nitrogens with zero attached hydrogens (tertiary/aromatic N) is 4. The summed E-state index contributed by atoms with van der Waals surface area (Å²) in [6, 6.07) is 5.27. The van der Waals surface area contributed by atoms with Crippen LogP contribution >= 0.6 is 11.5 Å². The van der Waals surface area contributed by atoms with Gasteiger partial charge in [-0.05, 0) is 39.0 Å². The lowest BCUT2D eigenvalue weighted by atomic mass is 10.1. The lowest BCUT2D eigenvalue weighted by molar-refractivity contribution is 0.102. The summed E-state index contributed by atoms with van der Waals surface area (Å²) in [6.07, 6.45) is 0. The molecule has 0 atom stereocenters. The largest absolute Gasteiger partial charge is 0.297 e. The van der Waals surface area contributed by atoms with Crippen LogP contribution in [-0.4, -0.2) is 25.2 Å². The smallest absolute Gasteiger partial charge is 0.257 e. The number of nitrogens with one attached hydrogen (secondary N) is 1. The van der Waals surface area contributed by atoms with E-state index < -0.39 is 0 Å². The normalized spacial score (nSPS) is 10.8. The molecule has 0 aliphatic heterocycles. The minimum Gasteiger partial charge on any atom is -0.297 e. The van der Waals surface area contributed by atoms with Gasteiger partial charge in [-0.25, -0.2) is 15.0 Å². The Morgan fingerprint density at radius 2 is 1.76 bits per heavy atom. The summed E-state index contributed by atoms with van der Waals surface area (Å²) in [5, 5.41) is 3.22. The molecule has 0 aliphatic carbocycles. The second-order valence-corrected chi connectivity index (χ2v) is 5.45. The molecule has 106 valence electrons. The van der Waals surface area contributed by atoms with Crippen LogP contribution in [0.25, 0.3) is 11.0 Å². The molecule has 0 unspecified atom stereocenters. The van der Waals surface area contributed by atoms with Crippen LogP contribution in [0.4, 0.5) is 5.13 Å². The number of carbonyl (C=O) groups excluding carboxylic acids is 1. The zero-order valence-electron chi connectivity index (χ0n) is 11.8. The van der Waals surface area contributed by atoms with Crippen molar-refractivity contribution in [2.24, 2.45) is 0 Å². The number of aryl methyl sites for hydroxylation is 3. The Morgan fingerprint density at radius 3 is 2.43 bits per heavy atom. The van der Waals surface area contributed by atoms with Crippen molar-refractivity contribution >= 4 is 33.6 Å². The highest BCUT2D eigenvalue weighted by Gasteiger charge is 2.11. The van der Waals surface area contributed by atoms with E-state index >= 15 is 0 Å². The summed E-state index contributed by atoms with van der Waals surface area (Å²) < 4.78 is 4.03. The van der Waals surface area contributed by atoms with E-state index in [-0.39, 0.29) is 5.91 Å². The van der Waals surface area contributed by atoms with E-state index in [0.29, 0.717) is 22.0 Å². The molecule has 0 aliphatic rings. The van der Waals surface area contributed by atoms with Gasteiger partial charge < -0.3 is 0 Å². The van der Waals surface area contributed by atoms with Crippen LogP contribution in [0.5, 0.6) is 0 Å². The van der Waals surface area contributed by atoms with Gasteiger partial charge >= 0.3 is 0 Å². The van der Waals surface area contributed by atoms with E-state index in [0.717, 1.165) is 28.4 Å². The standard InChI is InChI=1S/C14H13N5OS/c1-7-8(2)16-12-6-10(4-5-11(12)15-7)13(20)18-14-17-9(3)19-21-14/h4-6H,1-3H3,(H,17,18,19,20). The van der Waals surface area contributed by atoms with Crippen LogP contribution in [0, 0.1) is 20.8 Å². The third-order valence-corrected chi connectivity index (χ3v) is 3.81. The summed E-state index contributed by atoms with van der Waals surface area (Å²) in [5.41, 5.74) is 3.76. The van der Waals surface area contributed by atoms with Crippen LogP contribution in [0.2, 0.25) is 0 Å². The molecule has 0 spiro atoms. The Kier molecular flexibility index (Phi) is 3.34. The predicted molar refractivity (Wildman–Crippen MR) is 81.6 cm³/mol. The van der Waals surface area contributed by atoms with Gasteiger partial charge in [-0.1, -0.05) is 0 Å². The van der Waals surface area contributed by atoms with Gasteiger partial charge in [0.1, 0.15) is 5.82 Å². The Labute approximate surface area is 125 Å². The molecule has 1 N–H and O–H groups in total. The predicted octanol–water partition coefficient (Wildman–Crippen LogP) is 2.66. The van der Waals surface area contributed by atoms with Crippen molar-refractivity contribution in [1.29, 1.82) is 0 Å². The summed E-state index contributed by atoms with van der Waals surface area (Å²) in [4.78, 5) is 25.2. The number of anilines is 1. The average Bonchev–Trinajstić information content (AvgIpc) is 2.85. The van der Waals surface area contributed by atoms with Crippen LogP contribution in [0.1, 0.15) is 27.6 Å². The first-order valence-corrected chi connectivity index (χ1v) is 7.17.